The number of carbonyl (C=O) groups excluding carboxylic acids is 1. The van der Waals surface area contributed by atoms with Gasteiger partial charge in [0.1, 0.15) is 0 Å². The normalized spacial score (nSPS) is 13.5. The van der Waals surface area contributed by atoms with Gasteiger partial charge < -0.3 is 10.5 Å². The van der Waals surface area contributed by atoms with E-state index in [0.717, 1.165) is 12.1 Å². The van der Waals surface area contributed by atoms with Crippen molar-refractivity contribution < 1.29 is 41.0 Å². The molecule has 0 saturated carbocycles. The number of benzene rings is 1. The molecule has 1 rings (SSSR count). The quantitative estimate of drug-likeness (QED) is 0.491. The van der Waals surface area contributed by atoms with Gasteiger partial charge in [0.25, 0.3) is 5.78 Å². The number of carbonyl (C=O) groups is 2. The Balaban J connectivity index is 3.05. The molecule has 0 saturated heterocycles. The highest BCUT2D eigenvalue weighted by Crippen LogP contribution is 2.30. The van der Waals surface area contributed by atoms with Gasteiger partial charge in [0.05, 0.1) is 5.56 Å². The molecule has 2 N–H and O–H groups in total. The van der Waals surface area contributed by atoms with Crippen LogP contribution in [0.2, 0.25) is 0 Å². The predicted molar refractivity (Wildman–Crippen MR) is 65.1 cm³/mol. The van der Waals surface area contributed by atoms with E-state index in [-0.39, 0.29) is 5.56 Å². The molecule has 10 heteroatoms. The Morgan fingerprint density at radius 2 is 1.70 bits per heavy atom. The standard InChI is InChI=1S/C13H9F6NO3/c14-12(15,16)7-3-1-2-6(4-7)5-8(20)9(11(22)23)10(21)13(17,18)19/h1-4,9,20H,5H2,(H,22,23). The Morgan fingerprint density at radius 1 is 1.13 bits per heavy atom. The summed E-state index contributed by atoms with van der Waals surface area (Å²) in [5.41, 5.74) is -2.48. The number of Topliss-reactive ketones (excluding diaryl/α,β-unsaturated/α-hetero) is 1. The fraction of sp³-hybridized carbons (Fsp3) is 0.308. The van der Waals surface area contributed by atoms with Crippen molar-refractivity contribution in [3.05, 3.63) is 35.4 Å². The number of carboxylic acid groups (broad SMARTS) is 1. The number of hydrogen-bond acceptors (Lipinski definition) is 3. The lowest BCUT2D eigenvalue weighted by Crippen LogP contribution is -2.40. The van der Waals surface area contributed by atoms with Gasteiger partial charge in [-0.05, 0) is 11.6 Å². The molecule has 0 spiro atoms. The SMILES string of the molecule is N=C(Cc1cccc(C(F)(F)F)c1)C(C(=O)O)C(=O)C(F)(F)F. The smallest absolute Gasteiger partial charge is 0.451 e. The van der Waals surface area contributed by atoms with E-state index in [4.69, 9.17) is 10.5 Å². The van der Waals surface area contributed by atoms with Crippen LogP contribution in [-0.2, 0) is 22.2 Å². The summed E-state index contributed by atoms with van der Waals surface area (Å²) in [7, 11) is 0. The van der Waals surface area contributed by atoms with Gasteiger partial charge in [-0.3, -0.25) is 9.59 Å². The molecule has 1 atom stereocenters. The third-order valence-electron chi connectivity index (χ3n) is 2.79. The molecule has 23 heavy (non-hydrogen) atoms. The van der Waals surface area contributed by atoms with Crippen LogP contribution in [-0.4, -0.2) is 28.7 Å². The first-order valence-corrected chi connectivity index (χ1v) is 5.91. The second-order valence-electron chi connectivity index (χ2n) is 4.53. The molecular formula is C13H9F6NO3. The van der Waals surface area contributed by atoms with Crippen molar-refractivity contribution in [3.8, 4) is 0 Å². The van der Waals surface area contributed by atoms with E-state index < -0.39 is 47.7 Å². The molecule has 4 nitrogen and oxygen atoms in total. The molecule has 0 amide bonds. The second-order valence-corrected chi connectivity index (χ2v) is 4.53. The Bertz CT molecular complexity index is 635. The second kappa shape index (κ2) is 6.39. The number of aliphatic carboxylic acids is 1. The molecule has 1 unspecified atom stereocenters. The lowest BCUT2D eigenvalue weighted by molar-refractivity contribution is -0.176. The van der Waals surface area contributed by atoms with Crippen LogP contribution in [0.5, 0.6) is 0 Å². The fourth-order valence-electron chi connectivity index (χ4n) is 1.76. The number of nitrogens with one attached hydrogen (secondary N) is 1. The summed E-state index contributed by atoms with van der Waals surface area (Å²) in [6.07, 6.45) is -11.0. The Hall–Kier alpha value is -2.39. The van der Waals surface area contributed by atoms with Crippen LogP contribution in [0.1, 0.15) is 11.1 Å². The van der Waals surface area contributed by atoms with Crippen LogP contribution in [0.3, 0.4) is 0 Å². The average molecular weight is 341 g/mol. The fourth-order valence-corrected chi connectivity index (χ4v) is 1.76. The van der Waals surface area contributed by atoms with E-state index in [1.165, 1.54) is 0 Å². The number of ketones is 1. The summed E-state index contributed by atoms with van der Waals surface area (Å²) in [4.78, 5) is 21.8. The lowest BCUT2D eigenvalue weighted by atomic mass is 9.92. The van der Waals surface area contributed by atoms with Gasteiger partial charge >= 0.3 is 18.3 Å². The minimum absolute atomic E-state index is 0.231. The summed E-state index contributed by atoms with van der Waals surface area (Å²) in [6.45, 7) is 0. The largest absolute Gasteiger partial charge is 0.480 e. The summed E-state index contributed by atoms with van der Waals surface area (Å²) in [6, 6.07) is 3.34. The Labute approximate surface area is 125 Å². The van der Waals surface area contributed by atoms with Crippen molar-refractivity contribution in [2.45, 2.75) is 18.8 Å². The van der Waals surface area contributed by atoms with Crippen molar-refractivity contribution in [3.63, 3.8) is 0 Å². The van der Waals surface area contributed by atoms with Crippen molar-refractivity contribution in [2.75, 3.05) is 0 Å². The topological polar surface area (TPSA) is 78.2 Å². The number of carboxylic acids is 1. The molecule has 126 valence electrons. The average Bonchev–Trinajstić information content (AvgIpc) is 2.36. The van der Waals surface area contributed by atoms with Crippen molar-refractivity contribution in [2.24, 2.45) is 5.92 Å². The van der Waals surface area contributed by atoms with Gasteiger partial charge in [0.15, 0.2) is 5.92 Å². The van der Waals surface area contributed by atoms with Crippen molar-refractivity contribution >= 4 is 17.5 Å². The zero-order chi connectivity index (χ0) is 18.0. The zero-order valence-electron chi connectivity index (χ0n) is 11.1. The summed E-state index contributed by atoms with van der Waals surface area (Å²) >= 11 is 0. The number of hydrogen-bond donors (Lipinski definition) is 2. The third kappa shape index (κ3) is 4.80. The van der Waals surface area contributed by atoms with Crippen LogP contribution >= 0.6 is 0 Å². The highest BCUT2D eigenvalue weighted by Gasteiger charge is 2.48. The number of rotatable bonds is 5. The van der Waals surface area contributed by atoms with Crippen molar-refractivity contribution in [1.82, 2.24) is 0 Å². The lowest BCUT2D eigenvalue weighted by Gasteiger charge is -2.15. The first-order valence-electron chi connectivity index (χ1n) is 5.91. The molecule has 0 fully saturated rings. The molecule has 0 aromatic heterocycles. The van der Waals surface area contributed by atoms with Crippen LogP contribution in [0.25, 0.3) is 0 Å². The minimum atomic E-state index is -5.47. The summed E-state index contributed by atoms with van der Waals surface area (Å²) in [5, 5.41) is 16.1. The first kappa shape index (κ1) is 18.7. The van der Waals surface area contributed by atoms with Gasteiger partial charge in [-0.15, -0.1) is 0 Å². The maximum atomic E-state index is 12.5. The predicted octanol–water partition coefficient (Wildman–Crippen LogP) is 3.10. The van der Waals surface area contributed by atoms with E-state index in [0.29, 0.717) is 12.1 Å². The summed E-state index contributed by atoms with van der Waals surface area (Å²) < 4.78 is 74.5. The van der Waals surface area contributed by atoms with E-state index in [9.17, 15) is 35.9 Å². The molecule has 0 bridgehead atoms. The molecule has 0 heterocycles. The number of halogens is 6. The Kier molecular flexibility index (Phi) is 5.18. The molecule has 0 radical (unpaired) electrons. The monoisotopic (exact) mass is 341 g/mol. The van der Waals surface area contributed by atoms with Crippen molar-refractivity contribution in [1.29, 1.82) is 5.41 Å². The molecule has 1 aromatic rings. The van der Waals surface area contributed by atoms with E-state index in [1.54, 1.807) is 0 Å². The minimum Gasteiger partial charge on any atom is -0.480 e. The van der Waals surface area contributed by atoms with E-state index >= 15 is 0 Å². The molecule has 1 aromatic carbocycles. The maximum absolute atomic E-state index is 12.5. The summed E-state index contributed by atoms with van der Waals surface area (Å²) in [5.74, 6) is -7.63. The molecular weight excluding hydrogens is 332 g/mol. The highest BCUT2D eigenvalue weighted by molar-refractivity contribution is 6.19. The van der Waals surface area contributed by atoms with E-state index in [1.807, 2.05) is 0 Å². The van der Waals surface area contributed by atoms with E-state index in [2.05, 4.69) is 0 Å². The molecule has 0 aliphatic rings. The zero-order valence-corrected chi connectivity index (χ0v) is 11.1. The first-order chi connectivity index (χ1) is 10.3. The van der Waals surface area contributed by atoms with Gasteiger partial charge in [0.2, 0.25) is 0 Å². The van der Waals surface area contributed by atoms with Gasteiger partial charge in [-0.2, -0.15) is 26.3 Å². The van der Waals surface area contributed by atoms with Gasteiger partial charge in [0, 0.05) is 12.1 Å². The molecule has 0 aliphatic carbocycles. The maximum Gasteiger partial charge on any atom is 0.451 e. The van der Waals surface area contributed by atoms with Crippen LogP contribution < -0.4 is 0 Å². The van der Waals surface area contributed by atoms with Gasteiger partial charge in [-0.1, -0.05) is 18.2 Å². The third-order valence-corrected chi connectivity index (χ3v) is 2.79. The van der Waals surface area contributed by atoms with Crippen LogP contribution in [0, 0.1) is 11.3 Å². The van der Waals surface area contributed by atoms with Gasteiger partial charge in [-0.25, -0.2) is 0 Å². The Morgan fingerprint density at radius 3 is 2.13 bits per heavy atom. The number of alkyl halides is 6. The van der Waals surface area contributed by atoms with Crippen LogP contribution in [0.15, 0.2) is 24.3 Å². The van der Waals surface area contributed by atoms with Crippen LogP contribution in [0.4, 0.5) is 26.3 Å². The molecule has 0 aliphatic heterocycles. The highest BCUT2D eigenvalue weighted by atomic mass is 19.4.